The second-order valence-electron chi connectivity index (χ2n) is 5.88. The summed E-state index contributed by atoms with van der Waals surface area (Å²) in [5, 5.41) is 0. The number of ketones is 1. The molecule has 0 radical (unpaired) electrons. The van der Waals surface area contributed by atoms with Gasteiger partial charge in [0.05, 0.1) is 5.54 Å². The fraction of sp³-hybridized carbons (Fsp3) is 0.471. The fourth-order valence-corrected chi connectivity index (χ4v) is 2.96. The lowest BCUT2D eigenvalue weighted by Crippen LogP contribution is -2.46. The average Bonchev–Trinajstić information content (AvgIpc) is 2.84. The van der Waals surface area contributed by atoms with Gasteiger partial charge in [-0.2, -0.15) is 0 Å². The number of carbonyl (C=O) groups is 1. The first-order chi connectivity index (χ1) is 10.2. The molecule has 21 heavy (non-hydrogen) atoms. The molecule has 1 aliphatic heterocycles. The second kappa shape index (κ2) is 5.90. The molecule has 1 aliphatic carbocycles. The van der Waals surface area contributed by atoms with Crippen LogP contribution in [0.5, 0.6) is 11.5 Å². The third-order valence-corrected chi connectivity index (χ3v) is 4.31. The van der Waals surface area contributed by atoms with Gasteiger partial charge >= 0.3 is 0 Å². The molecule has 1 saturated carbocycles. The molecule has 0 unspecified atom stereocenters. The maximum absolute atomic E-state index is 12.4. The molecule has 1 fully saturated rings. The van der Waals surface area contributed by atoms with E-state index in [1.165, 1.54) is 12.8 Å². The zero-order chi connectivity index (χ0) is 14.7. The molecule has 2 N–H and O–H groups in total. The van der Waals surface area contributed by atoms with Gasteiger partial charge in [-0.25, -0.2) is 0 Å². The zero-order valence-corrected chi connectivity index (χ0v) is 12.1. The standard InChI is InChI=1S/C17H21NO3/c18-17(9-3-1-2-4-10-17)16(19)8-6-13-5-7-14-15(11-13)21-12-20-14/h5-8,11H,1-4,9-10,12,18H2. The van der Waals surface area contributed by atoms with Gasteiger partial charge < -0.3 is 15.2 Å². The number of ether oxygens (including phenoxy) is 2. The van der Waals surface area contributed by atoms with E-state index in [-0.39, 0.29) is 12.6 Å². The molecule has 0 atom stereocenters. The molecular weight excluding hydrogens is 266 g/mol. The summed E-state index contributed by atoms with van der Waals surface area (Å²) in [5.41, 5.74) is 6.56. The first-order valence-electron chi connectivity index (χ1n) is 7.58. The van der Waals surface area contributed by atoms with Crippen molar-refractivity contribution in [1.82, 2.24) is 0 Å². The van der Waals surface area contributed by atoms with E-state index in [0.717, 1.165) is 42.7 Å². The number of benzene rings is 1. The Morgan fingerprint density at radius 1 is 1.10 bits per heavy atom. The van der Waals surface area contributed by atoms with Gasteiger partial charge in [0.25, 0.3) is 0 Å². The van der Waals surface area contributed by atoms with Crippen LogP contribution in [0.4, 0.5) is 0 Å². The summed E-state index contributed by atoms with van der Waals surface area (Å²) >= 11 is 0. The van der Waals surface area contributed by atoms with Gasteiger partial charge in [-0.3, -0.25) is 4.79 Å². The first kappa shape index (κ1) is 14.1. The summed E-state index contributed by atoms with van der Waals surface area (Å²) in [6.45, 7) is 0.257. The highest BCUT2D eigenvalue weighted by atomic mass is 16.7. The van der Waals surface area contributed by atoms with Gasteiger partial charge in [-0.1, -0.05) is 37.8 Å². The van der Waals surface area contributed by atoms with Crippen LogP contribution in [-0.4, -0.2) is 18.1 Å². The molecule has 1 aromatic carbocycles. The number of carbonyl (C=O) groups excluding carboxylic acids is 1. The van der Waals surface area contributed by atoms with Gasteiger partial charge in [0.1, 0.15) is 0 Å². The topological polar surface area (TPSA) is 61.6 Å². The second-order valence-corrected chi connectivity index (χ2v) is 5.88. The normalized spacial score (nSPS) is 20.4. The summed E-state index contributed by atoms with van der Waals surface area (Å²) < 4.78 is 10.6. The smallest absolute Gasteiger partial charge is 0.231 e. The Hall–Kier alpha value is -1.81. The minimum atomic E-state index is -0.677. The average molecular weight is 287 g/mol. The summed E-state index contributed by atoms with van der Waals surface area (Å²) in [5.74, 6) is 1.50. The monoisotopic (exact) mass is 287 g/mol. The summed E-state index contributed by atoms with van der Waals surface area (Å²) in [6.07, 6.45) is 9.44. The largest absolute Gasteiger partial charge is 0.454 e. The van der Waals surface area contributed by atoms with E-state index in [9.17, 15) is 4.79 Å². The number of fused-ring (bicyclic) bond motifs is 1. The van der Waals surface area contributed by atoms with Crippen molar-refractivity contribution in [1.29, 1.82) is 0 Å². The van der Waals surface area contributed by atoms with Crippen molar-refractivity contribution in [3.05, 3.63) is 29.8 Å². The first-order valence-corrected chi connectivity index (χ1v) is 7.58. The van der Waals surface area contributed by atoms with Crippen molar-refractivity contribution >= 4 is 11.9 Å². The fourth-order valence-electron chi connectivity index (χ4n) is 2.96. The molecule has 112 valence electrons. The van der Waals surface area contributed by atoms with Crippen molar-refractivity contribution < 1.29 is 14.3 Å². The maximum Gasteiger partial charge on any atom is 0.231 e. The van der Waals surface area contributed by atoms with Gasteiger partial charge in [0, 0.05) is 0 Å². The van der Waals surface area contributed by atoms with Crippen LogP contribution < -0.4 is 15.2 Å². The van der Waals surface area contributed by atoms with Crippen LogP contribution >= 0.6 is 0 Å². The maximum atomic E-state index is 12.4. The van der Waals surface area contributed by atoms with E-state index in [1.807, 2.05) is 24.3 Å². The third kappa shape index (κ3) is 3.10. The van der Waals surface area contributed by atoms with Crippen molar-refractivity contribution in [2.75, 3.05) is 6.79 Å². The highest BCUT2D eigenvalue weighted by molar-refractivity contribution is 6.00. The molecule has 2 aliphatic rings. The Morgan fingerprint density at radius 3 is 2.57 bits per heavy atom. The Bertz CT molecular complexity index is 557. The van der Waals surface area contributed by atoms with Crippen molar-refractivity contribution in [3.63, 3.8) is 0 Å². The Balaban J connectivity index is 1.71. The predicted molar refractivity (Wildman–Crippen MR) is 81.2 cm³/mol. The number of nitrogens with two attached hydrogens (primary N) is 1. The van der Waals surface area contributed by atoms with Crippen molar-refractivity contribution in [2.45, 2.75) is 44.1 Å². The van der Waals surface area contributed by atoms with Gasteiger partial charge in [0.2, 0.25) is 6.79 Å². The van der Waals surface area contributed by atoms with E-state index in [0.29, 0.717) is 0 Å². The molecule has 0 bridgehead atoms. The SMILES string of the molecule is NC1(C(=O)C=Cc2ccc3c(c2)OCO3)CCCCCC1. The molecule has 4 heteroatoms. The lowest BCUT2D eigenvalue weighted by atomic mass is 9.86. The predicted octanol–water partition coefficient (Wildman–Crippen LogP) is 3.05. The Morgan fingerprint density at radius 2 is 1.81 bits per heavy atom. The van der Waals surface area contributed by atoms with Crippen LogP contribution in [-0.2, 0) is 4.79 Å². The summed E-state index contributed by atoms with van der Waals surface area (Å²) in [7, 11) is 0. The minimum Gasteiger partial charge on any atom is -0.454 e. The molecule has 0 saturated heterocycles. The van der Waals surface area contributed by atoms with E-state index in [2.05, 4.69) is 0 Å². The number of rotatable bonds is 3. The van der Waals surface area contributed by atoms with Crippen LogP contribution in [0.1, 0.15) is 44.1 Å². The quantitative estimate of drug-likeness (QED) is 0.685. The molecule has 0 aromatic heterocycles. The van der Waals surface area contributed by atoms with Gasteiger partial charge in [0.15, 0.2) is 17.3 Å². The van der Waals surface area contributed by atoms with Crippen LogP contribution in [0.25, 0.3) is 6.08 Å². The van der Waals surface area contributed by atoms with E-state index in [4.69, 9.17) is 15.2 Å². The molecule has 1 heterocycles. The van der Waals surface area contributed by atoms with Crippen LogP contribution in [0.2, 0.25) is 0 Å². The van der Waals surface area contributed by atoms with Crippen molar-refractivity contribution in [2.24, 2.45) is 5.73 Å². The highest BCUT2D eigenvalue weighted by Crippen LogP contribution is 2.33. The third-order valence-electron chi connectivity index (χ3n) is 4.31. The number of hydrogen-bond donors (Lipinski definition) is 1. The molecule has 0 spiro atoms. The highest BCUT2D eigenvalue weighted by Gasteiger charge is 2.32. The molecule has 3 rings (SSSR count). The van der Waals surface area contributed by atoms with Crippen LogP contribution in [0.15, 0.2) is 24.3 Å². The molecule has 0 amide bonds. The molecule has 1 aromatic rings. The van der Waals surface area contributed by atoms with Crippen LogP contribution in [0, 0.1) is 0 Å². The Labute approximate surface area is 124 Å². The summed E-state index contributed by atoms with van der Waals surface area (Å²) in [4.78, 5) is 12.4. The van der Waals surface area contributed by atoms with E-state index >= 15 is 0 Å². The van der Waals surface area contributed by atoms with E-state index < -0.39 is 5.54 Å². The lowest BCUT2D eigenvalue weighted by Gasteiger charge is -2.24. The number of hydrogen-bond acceptors (Lipinski definition) is 4. The molecule has 4 nitrogen and oxygen atoms in total. The van der Waals surface area contributed by atoms with Crippen LogP contribution in [0.3, 0.4) is 0 Å². The van der Waals surface area contributed by atoms with Crippen molar-refractivity contribution in [3.8, 4) is 11.5 Å². The minimum absolute atomic E-state index is 0.0297. The van der Waals surface area contributed by atoms with E-state index in [1.54, 1.807) is 6.08 Å². The lowest BCUT2D eigenvalue weighted by molar-refractivity contribution is -0.119. The van der Waals surface area contributed by atoms with Gasteiger partial charge in [-0.05, 0) is 36.6 Å². The summed E-state index contributed by atoms with van der Waals surface area (Å²) in [6, 6.07) is 5.65. The Kier molecular flexibility index (Phi) is 3.97. The molecular formula is C17H21NO3. The van der Waals surface area contributed by atoms with Gasteiger partial charge in [-0.15, -0.1) is 0 Å². The zero-order valence-electron chi connectivity index (χ0n) is 12.1.